The van der Waals surface area contributed by atoms with Crippen molar-refractivity contribution in [3.05, 3.63) is 35.9 Å². The van der Waals surface area contributed by atoms with Gasteiger partial charge in [0.05, 0.1) is 13.2 Å². The lowest BCUT2D eigenvalue weighted by Crippen LogP contribution is -2.24. The van der Waals surface area contributed by atoms with E-state index in [9.17, 15) is 0 Å². The van der Waals surface area contributed by atoms with Crippen molar-refractivity contribution in [2.24, 2.45) is 0 Å². The molecule has 1 aliphatic heterocycles. The van der Waals surface area contributed by atoms with Crippen LogP contribution in [0.1, 0.15) is 11.5 Å². The second kappa shape index (κ2) is 3.64. The highest BCUT2D eigenvalue weighted by molar-refractivity contribution is 5.61. The summed E-state index contributed by atoms with van der Waals surface area (Å²) in [7, 11) is 0. The number of aromatic nitrogens is 1. The van der Waals surface area contributed by atoms with Crippen LogP contribution in [0, 0.1) is 0 Å². The lowest BCUT2D eigenvalue weighted by Gasteiger charge is -2.26. The summed E-state index contributed by atoms with van der Waals surface area (Å²) < 4.78 is 10.3. The van der Waals surface area contributed by atoms with Crippen LogP contribution in [0.2, 0.25) is 0 Å². The standard InChI is InChI=1S/C12H12N2O2/c13-12-5-11(16-14-12)9-3-1-2-8(4-9)10-6-15-7-10/h1-5,10H,6-7H2,(H2,13,14). The fourth-order valence-electron chi connectivity index (χ4n) is 1.80. The summed E-state index contributed by atoms with van der Waals surface area (Å²) in [5.74, 6) is 1.63. The van der Waals surface area contributed by atoms with E-state index in [2.05, 4.69) is 17.3 Å². The molecule has 0 unspecified atom stereocenters. The van der Waals surface area contributed by atoms with Gasteiger partial charge in [0.2, 0.25) is 0 Å². The molecule has 1 aliphatic rings. The van der Waals surface area contributed by atoms with E-state index in [4.69, 9.17) is 15.0 Å². The Hall–Kier alpha value is -1.81. The minimum atomic E-state index is 0.410. The summed E-state index contributed by atoms with van der Waals surface area (Å²) in [6.07, 6.45) is 0. The average molecular weight is 216 g/mol. The molecule has 1 aromatic carbocycles. The van der Waals surface area contributed by atoms with Crippen LogP contribution in [0.4, 0.5) is 5.82 Å². The van der Waals surface area contributed by atoms with Gasteiger partial charge >= 0.3 is 0 Å². The summed E-state index contributed by atoms with van der Waals surface area (Å²) in [4.78, 5) is 0. The average Bonchev–Trinajstić information content (AvgIpc) is 2.63. The number of rotatable bonds is 2. The minimum absolute atomic E-state index is 0.410. The van der Waals surface area contributed by atoms with Gasteiger partial charge in [-0.25, -0.2) is 0 Å². The highest BCUT2D eigenvalue weighted by atomic mass is 16.5. The summed E-state index contributed by atoms with van der Waals surface area (Å²) in [6.45, 7) is 1.62. The molecule has 1 fully saturated rings. The number of nitrogens with zero attached hydrogens (tertiary/aromatic N) is 1. The largest absolute Gasteiger partial charge is 0.381 e. The lowest BCUT2D eigenvalue weighted by atomic mass is 9.95. The Labute approximate surface area is 93.0 Å². The first kappa shape index (κ1) is 9.42. The van der Waals surface area contributed by atoms with E-state index in [-0.39, 0.29) is 0 Å². The fraction of sp³-hybridized carbons (Fsp3) is 0.250. The van der Waals surface area contributed by atoms with Crippen molar-refractivity contribution in [3.63, 3.8) is 0 Å². The van der Waals surface area contributed by atoms with Gasteiger partial charge in [0.25, 0.3) is 0 Å². The number of hydrogen-bond donors (Lipinski definition) is 1. The highest BCUT2D eigenvalue weighted by Crippen LogP contribution is 2.28. The summed E-state index contributed by atoms with van der Waals surface area (Å²) in [5.41, 5.74) is 7.81. The quantitative estimate of drug-likeness (QED) is 0.834. The molecule has 1 saturated heterocycles. The molecule has 0 atom stereocenters. The predicted molar refractivity (Wildman–Crippen MR) is 59.9 cm³/mol. The highest BCUT2D eigenvalue weighted by Gasteiger charge is 2.20. The molecule has 4 nitrogen and oxygen atoms in total. The molecule has 2 aromatic rings. The van der Waals surface area contributed by atoms with Gasteiger partial charge in [-0.2, -0.15) is 0 Å². The van der Waals surface area contributed by atoms with Crippen molar-refractivity contribution in [2.45, 2.75) is 5.92 Å². The Morgan fingerprint density at radius 1 is 1.25 bits per heavy atom. The monoisotopic (exact) mass is 216 g/mol. The van der Waals surface area contributed by atoms with Gasteiger partial charge in [0.15, 0.2) is 11.6 Å². The van der Waals surface area contributed by atoms with Gasteiger partial charge in [0, 0.05) is 17.5 Å². The number of hydrogen-bond acceptors (Lipinski definition) is 4. The Balaban J connectivity index is 1.95. The van der Waals surface area contributed by atoms with Gasteiger partial charge in [-0.05, 0) is 11.6 Å². The minimum Gasteiger partial charge on any atom is -0.381 e. The normalized spacial score (nSPS) is 16.0. The fourth-order valence-corrected chi connectivity index (χ4v) is 1.80. The van der Waals surface area contributed by atoms with Crippen molar-refractivity contribution in [3.8, 4) is 11.3 Å². The maximum Gasteiger partial charge on any atom is 0.169 e. The van der Waals surface area contributed by atoms with E-state index in [0.717, 1.165) is 18.8 Å². The Morgan fingerprint density at radius 2 is 2.12 bits per heavy atom. The van der Waals surface area contributed by atoms with Crippen LogP contribution in [0.15, 0.2) is 34.9 Å². The molecule has 0 bridgehead atoms. The van der Waals surface area contributed by atoms with Crippen LogP contribution < -0.4 is 5.73 Å². The van der Waals surface area contributed by atoms with Gasteiger partial charge in [0.1, 0.15) is 0 Å². The molecule has 0 spiro atoms. The zero-order valence-corrected chi connectivity index (χ0v) is 8.72. The van der Waals surface area contributed by atoms with E-state index in [1.54, 1.807) is 6.07 Å². The first-order chi connectivity index (χ1) is 7.83. The Morgan fingerprint density at radius 3 is 2.75 bits per heavy atom. The molecule has 2 N–H and O–H groups in total. The summed E-state index contributed by atoms with van der Waals surface area (Å²) in [5, 5.41) is 3.68. The molecule has 0 aliphatic carbocycles. The molecule has 0 radical (unpaired) electrons. The van der Waals surface area contributed by atoms with Crippen molar-refractivity contribution in [2.75, 3.05) is 18.9 Å². The van der Waals surface area contributed by atoms with Gasteiger partial charge in [-0.1, -0.05) is 23.4 Å². The van der Waals surface area contributed by atoms with Gasteiger partial charge in [-0.3, -0.25) is 0 Å². The topological polar surface area (TPSA) is 61.3 Å². The van der Waals surface area contributed by atoms with E-state index in [1.165, 1.54) is 5.56 Å². The number of benzene rings is 1. The van der Waals surface area contributed by atoms with Crippen molar-refractivity contribution in [1.82, 2.24) is 5.16 Å². The maximum absolute atomic E-state index is 5.53. The van der Waals surface area contributed by atoms with Crippen LogP contribution in [-0.2, 0) is 4.74 Å². The van der Waals surface area contributed by atoms with Crippen LogP contribution in [-0.4, -0.2) is 18.4 Å². The van der Waals surface area contributed by atoms with E-state index >= 15 is 0 Å². The molecule has 4 heteroatoms. The molecule has 16 heavy (non-hydrogen) atoms. The van der Waals surface area contributed by atoms with Crippen LogP contribution in [0.25, 0.3) is 11.3 Å². The maximum atomic E-state index is 5.53. The number of nitrogen functional groups attached to an aromatic ring is 1. The van der Waals surface area contributed by atoms with Crippen molar-refractivity contribution < 1.29 is 9.26 Å². The molecule has 3 rings (SSSR count). The van der Waals surface area contributed by atoms with Crippen LogP contribution >= 0.6 is 0 Å². The zero-order chi connectivity index (χ0) is 11.0. The number of nitrogens with two attached hydrogens (primary N) is 1. The molecular formula is C12H12N2O2. The summed E-state index contributed by atoms with van der Waals surface area (Å²) >= 11 is 0. The van der Waals surface area contributed by atoms with Crippen LogP contribution in [0.3, 0.4) is 0 Å². The third-order valence-electron chi connectivity index (χ3n) is 2.81. The second-order valence-corrected chi connectivity index (χ2v) is 3.98. The van der Waals surface area contributed by atoms with Crippen molar-refractivity contribution >= 4 is 5.82 Å². The summed E-state index contributed by atoms with van der Waals surface area (Å²) in [6, 6.07) is 9.95. The SMILES string of the molecule is Nc1cc(-c2cccc(C3COC3)c2)on1. The first-order valence-corrected chi connectivity index (χ1v) is 5.23. The predicted octanol–water partition coefficient (Wildman–Crippen LogP) is 2.04. The van der Waals surface area contributed by atoms with Gasteiger partial charge in [-0.15, -0.1) is 0 Å². The third-order valence-corrected chi connectivity index (χ3v) is 2.81. The smallest absolute Gasteiger partial charge is 0.169 e. The third kappa shape index (κ3) is 1.57. The van der Waals surface area contributed by atoms with Crippen molar-refractivity contribution in [1.29, 1.82) is 0 Å². The van der Waals surface area contributed by atoms with E-state index < -0.39 is 0 Å². The van der Waals surface area contributed by atoms with E-state index in [0.29, 0.717) is 17.5 Å². The Kier molecular flexibility index (Phi) is 2.15. The zero-order valence-electron chi connectivity index (χ0n) is 8.72. The number of ether oxygens (including phenoxy) is 1. The Bertz CT molecular complexity index is 503. The molecule has 0 amide bonds. The second-order valence-electron chi connectivity index (χ2n) is 3.98. The lowest BCUT2D eigenvalue weighted by molar-refractivity contribution is 0.00844. The van der Waals surface area contributed by atoms with Crippen LogP contribution in [0.5, 0.6) is 0 Å². The molecule has 82 valence electrons. The molecule has 0 saturated carbocycles. The first-order valence-electron chi connectivity index (χ1n) is 5.23. The molecule has 2 heterocycles. The van der Waals surface area contributed by atoms with E-state index in [1.807, 2.05) is 12.1 Å². The number of anilines is 1. The van der Waals surface area contributed by atoms with Gasteiger partial charge < -0.3 is 15.0 Å². The molecule has 1 aromatic heterocycles. The molecular weight excluding hydrogens is 204 g/mol.